The van der Waals surface area contributed by atoms with Gasteiger partial charge in [-0.1, -0.05) is 56.7 Å². The van der Waals surface area contributed by atoms with Crippen molar-refractivity contribution in [2.75, 3.05) is 0 Å². The van der Waals surface area contributed by atoms with Gasteiger partial charge in [-0.25, -0.2) is 0 Å². The van der Waals surface area contributed by atoms with Crippen LogP contribution in [0.15, 0.2) is 47.7 Å². The van der Waals surface area contributed by atoms with Gasteiger partial charge in [0.05, 0.1) is 12.0 Å². The van der Waals surface area contributed by atoms with E-state index in [4.69, 9.17) is 0 Å². The van der Waals surface area contributed by atoms with Crippen molar-refractivity contribution in [3.05, 3.63) is 70.0 Å². The molecule has 0 bridgehead atoms. The number of benzene rings is 1. The standard InChI is InChI=1S/C25H28F3N/c1-14(2)22-12-18(25(26,27)28)13-23-19(22)5-6-21-20(23)7-8-29-24(21)17-10-15(3)9-16(4)11-17/h5-10,12,14,16,18,24,29H,11,13H2,1-4H3. The lowest BCUT2D eigenvalue weighted by Crippen LogP contribution is -2.29. The summed E-state index contributed by atoms with van der Waals surface area (Å²) in [4.78, 5) is 0. The molecule has 1 N–H and O–H groups in total. The van der Waals surface area contributed by atoms with Crippen molar-refractivity contribution in [3.8, 4) is 0 Å². The molecule has 0 amide bonds. The maximum Gasteiger partial charge on any atom is 0.395 e. The number of fused-ring (bicyclic) bond motifs is 3. The molecule has 0 spiro atoms. The molecule has 29 heavy (non-hydrogen) atoms. The first-order valence-electron chi connectivity index (χ1n) is 10.4. The molecule has 1 heterocycles. The lowest BCUT2D eigenvalue weighted by molar-refractivity contribution is -0.160. The topological polar surface area (TPSA) is 12.0 Å². The van der Waals surface area contributed by atoms with Crippen molar-refractivity contribution in [2.24, 2.45) is 17.8 Å². The van der Waals surface area contributed by atoms with Crippen LogP contribution in [0.1, 0.15) is 62.4 Å². The Morgan fingerprint density at radius 3 is 2.52 bits per heavy atom. The molecule has 1 nitrogen and oxygen atoms in total. The van der Waals surface area contributed by atoms with E-state index in [0.29, 0.717) is 5.92 Å². The minimum Gasteiger partial charge on any atom is -0.380 e. The number of rotatable bonds is 2. The average molecular weight is 400 g/mol. The first-order valence-corrected chi connectivity index (χ1v) is 10.4. The summed E-state index contributed by atoms with van der Waals surface area (Å²) in [6.07, 6.45) is 6.55. The van der Waals surface area contributed by atoms with E-state index in [1.165, 1.54) is 17.2 Å². The molecule has 2 aliphatic carbocycles. The van der Waals surface area contributed by atoms with Crippen molar-refractivity contribution in [3.63, 3.8) is 0 Å². The average Bonchev–Trinajstić information content (AvgIpc) is 2.64. The number of hydrogen-bond acceptors (Lipinski definition) is 1. The lowest BCUT2D eigenvalue weighted by Gasteiger charge is -2.34. The number of hydrogen-bond donors (Lipinski definition) is 1. The van der Waals surface area contributed by atoms with E-state index in [-0.39, 0.29) is 18.4 Å². The normalized spacial score (nSPS) is 26.2. The zero-order chi connectivity index (χ0) is 20.9. The van der Waals surface area contributed by atoms with Crippen LogP contribution in [0.5, 0.6) is 0 Å². The Labute approximate surface area is 171 Å². The van der Waals surface area contributed by atoms with Crippen molar-refractivity contribution < 1.29 is 13.2 Å². The quantitative estimate of drug-likeness (QED) is 0.565. The third-order valence-electron chi connectivity index (χ3n) is 6.26. The number of halogens is 3. The van der Waals surface area contributed by atoms with Crippen LogP contribution in [-0.4, -0.2) is 6.18 Å². The Bertz CT molecular complexity index is 944. The van der Waals surface area contributed by atoms with Gasteiger partial charge in [0.2, 0.25) is 0 Å². The summed E-state index contributed by atoms with van der Waals surface area (Å²) in [6.45, 7) is 8.25. The highest BCUT2D eigenvalue weighted by Crippen LogP contribution is 2.45. The van der Waals surface area contributed by atoms with Gasteiger partial charge in [-0.05, 0) is 77.3 Å². The Balaban J connectivity index is 1.82. The van der Waals surface area contributed by atoms with Gasteiger partial charge in [-0.15, -0.1) is 0 Å². The minimum absolute atomic E-state index is 0.0175. The van der Waals surface area contributed by atoms with Crippen LogP contribution in [0.4, 0.5) is 13.2 Å². The second-order valence-corrected chi connectivity index (χ2v) is 8.97. The Kier molecular flexibility index (Phi) is 5.00. The van der Waals surface area contributed by atoms with Crippen molar-refractivity contribution in [1.29, 1.82) is 0 Å². The molecule has 1 aromatic rings. The molecule has 0 fully saturated rings. The van der Waals surface area contributed by atoms with Gasteiger partial charge in [0.25, 0.3) is 0 Å². The zero-order valence-corrected chi connectivity index (χ0v) is 17.4. The van der Waals surface area contributed by atoms with E-state index in [9.17, 15) is 13.2 Å². The molecule has 1 aliphatic heterocycles. The van der Waals surface area contributed by atoms with Crippen molar-refractivity contribution in [1.82, 2.24) is 5.32 Å². The van der Waals surface area contributed by atoms with Gasteiger partial charge in [-0.2, -0.15) is 13.2 Å². The van der Waals surface area contributed by atoms with Gasteiger partial charge in [-0.3, -0.25) is 0 Å². The molecule has 0 saturated carbocycles. The molecule has 0 saturated heterocycles. The molecule has 4 heteroatoms. The van der Waals surface area contributed by atoms with E-state index in [2.05, 4.69) is 37.4 Å². The van der Waals surface area contributed by atoms with Crippen LogP contribution < -0.4 is 5.32 Å². The monoisotopic (exact) mass is 399 g/mol. The van der Waals surface area contributed by atoms with Gasteiger partial charge in [0.15, 0.2) is 0 Å². The first-order chi connectivity index (χ1) is 13.6. The summed E-state index contributed by atoms with van der Waals surface area (Å²) < 4.78 is 41.0. The molecule has 1 aromatic carbocycles. The van der Waals surface area contributed by atoms with Crippen LogP contribution in [0, 0.1) is 17.8 Å². The fraction of sp³-hybridized carbons (Fsp3) is 0.440. The highest BCUT2D eigenvalue weighted by molar-refractivity contribution is 5.77. The van der Waals surface area contributed by atoms with Crippen LogP contribution in [0.3, 0.4) is 0 Å². The summed E-state index contributed by atoms with van der Waals surface area (Å²) in [7, 11) is 0. The maximum absolute atomic E-state index is 13.7. The van der Waals surface area contributed by atoms with E-state index in [1.807, 2.05) is 32.2 Å². The molecule has 0 radical (unpaired) electrons. The van der Waals surface area contributed by atoms with Crippen LogP contribution in [-0.2, 0) is 6.42 Å². The van der Waals surface area contributed by atoms with Crippen LogP contribution in [0.25, 0.3) is 11.6 Å². The van der Waals surface area contributed by atoms with Crippen molar-refractivity contribution in [2.45, 2.75) is 52.8 Å². The first kappa shape index (κ1) is 20.1. The third kappa shape index (κ3) is 3.70. The van der Waals surface area contributed by atoms with Crippen LogP contribution >= 0.6 is 0 Å². The lowest BCUT2D eigenvalue weighted by atomic mass is 9.75. The minimum atomic E-state index is -4.22. The number of alkyl halides is 3. The summed E-state index contributed by atoms with van der Waals surface area (Å²) in [5.74, 6) is -0.901. The molecule has 3 aliphatic rings. The van der Waals surface area contributed by atoms with Gasteiger partial charge >= 0.3 is 6.18 Å². The molecular weight excluding hydrogens is 371 g/mol. The predicted octanol–water partition coefficient (Wildman–Crippen LogP) is 6.99. The second-order valence-electron chi connectivity index (χ2n) is 8.97. The van der Waals surface area contributed by atoms with E-state index >= 15 is 0 Å². The molecule has 154 valence electrons. The number of allylic oxidation sites excluding steroid dienone is 5. The Morgan fingerprint density at radius 1 is 1.10 bits per heavy atom. The van der Waals surface area contributed by atoms with E-state index in [0.717, 1.165) is 34.2 Å². The third-order valence-corrected chi connectivity index (χ3v) is 6.26. The number of nitrogens with one attached hydrogen (secondary N) is 1. The zero-order valence-electron chi connectivity index (χ0n) is 17.4. The summed E-state index contributed by atoms with van der Waals surface area (Å²) >= 11 is 0. The summed E-state index contributed by atoms with van der Waals surface area (Å²) in [6, 6.07) is 4.17. The van der Waals surface area contributed by atoms with Gasteiger partial charge in [0.1, 0.15) is 0 Å². The van der Waals surface area contributed by atoms with Gasteiger partial charge in [0, 0.05) is 0 Å². The second kappa shape index (κ2) is 7.23. The summed E-state index contributed by atoms with van der Waals surface area (Å²) in [5.41, 5.74) is 7.23. The summed E-state index contributed by atoms with van der Waals surface area (Å²) in [5, 5.41) is 3.46. The molecule has 3 unspecified atom stereocenters. The van der Waals surface area contributed by atoms with Crippen molar-refractivity contribution >= 4 is 11.6 Å². The molecule has 0 aromatic heterocycles. The molecular formula is C25H28F3N. The highest BCUT2D eigenvalue weighted by atomic mass is 19.4. The van der Waals surface area contributed by atoms with Crippen LogP contribution in [0.2, 0.25) is 0 Å². The van der Waals surface area contributed by atoms with E-state index in [1.54, 1.807) is 0 Å². The Morgan fingerprint density at radius 2 is 1.86 bits per heavy atom. The van der Waals surface area contributed by atoms with E-state index < -0.39 is 12.1 Å². The fourth-order valence-electron chi connectivity index (χ4n) is 5.03. The fourth-order valence-corrected chi connectivity index (χ4v) is 5.03. The maximum atomic E-state index is 13.7. The largest absolute Gasteiger partial charge is 0.395 e. The molecule has 4 rings (SSSR count). The Hall–Kier alpha value is -2.23. The smallest absolute Gasteiger partial charge is 0.380 e. The highest BCUT2D eigenvalue weighted by Gasteiger charge is 2.42. The van der Waals surface area contributed by atoms with Gasteiger partial charge < -0.3 is 5.32 Å². The predicted molar refractivity (Wildman–Crippen MR) is 113 cm³/mol. The SMILES string of the molecule is CC1=CC(C)CC(C2NC=Cc3c2ccc2c3CC(C(F)(F)F)C=C2C(C)C)=C1. The molecule has 3 atom stereocenters.